The molecule has 3 N–H and O–H groups in total. The van der Waals surface area contributed by atoms with Crippen molar-refractivity contribution in [1.29, 1.82) is 0 Å². The number of carbonyl (C=O) groups is 1. The van der Waals surface area contributed by atoms with Crippen molar-refractivity contribution in [2.75, 3.05) is 37.9 Å². The third-order valence-corrected chi connectivity index (χ3v) is 4.73. The van der Waals surface area contributed by atoms with E-state index >= 15 is 0 Å². The molecule has 1 aromatic rings. The van der Waals surface area contributed by atoms with Crippen LogP contribution in [-0.2, 0) is 0 Å². The molecule has 0 aliphatic carbocycles. The molecule has 1 saturated heterocycles. The number of hydrogen-bond donors (Lipinski definition) is 2. The zero-order valence-corrected chi connectivity index (χ0v) is 12.7. The van der Waals surface area contributed by atoms with Gasteiger partial charge in [0.25, 0.3) is 5.91 Å². The predicted octanol–water partition coefficient (Wildman–Crippen LogP) is 1.93. The summed E-state index contributed by atoms with van der Waals surface area (Å²) in [7, 11) is 3.20. The van der Waals surface area contributed by atoms with Crippen LogP contribution in [0, 0.1) is 5.41 Å². The second-order valence-corrected chi connectivity index (χ2v) is 6.60. The van der Waals surface area contributed by atoms with Gasteiger partial charge in [0.05, 0.1) is 7.11 Å². The van der Waals surface area contributed by atoms with Crippen LogP contribution >= 0.6 is 11.3 Å². The summed E-state index contributed by atoms with van der Waals surface area (Å²) in [6.07, 6.45) is 1.13. The number of rotatable bonds is 3. The van der Waals surface area contributed by atoms with Gasteiger partial charge in [-0.15, -0.1) is 11.3 Å². The van der Waals surface area contributed by atoms with Gasteiger partial charge < -0.3 is 20.7 Å². The Bertz CT molecular complexity index is 496. The van der Waals surface area contributed by atoms with Gasteiger partial charge in [0.1, 0.15) is 15.6 Å². The van der Waals surface area contributed by atoms with Crippen LogP contribution in [-0.4, -0.2) is 33.2 Å². The molecule has 2 heterocycles. The van der Waals surface area contributed by atoms with E-state index in [0.717, 1.165) is 24.5 Å². The number of methoxy groups -OCH3 is 1. The average Bonchev–Trinajstić information content (AvgIpc) is 2.88. The molecular weight excluding hydrogens is 262 g/mol. The Morgan fingerprint density at radius 2 is 2.21 bits per heavy atom. The first kappa shape index (κ1) is 14.0. The lowest BCUT2D eigenvalue weighted by Crippen LogP contribution is -2.22. The second kappa shape index (κ2) is 4.92. The number of nitrogens with two attached hydrogens (primary N) is 1. The molecule has 0 bridgehead atoms. The summed E-state index contributed by atoms with van der Waals surface area (Å²) in [5.41, 5.74) is 6.75. The molecule has 19 heavy (non-hydrogen) atoms. The Morgan fingerprint density at radius 1 is 1.53 bits per heavy atom. The molecule has 2 rings (SSSR count). The molecule has 0 radical (unpaired) electrons. The molecule has 1 aromatic heterocycles. The summed E-state index contributed by atoms with van der Waals surface area (Å²) < 4.78 is 5.40. The molecule has 0 saturated carbocycles. The van der Waals surface area contributed by atoms with E-state index in [1.807, 2.05) is 0 Å². The molecule has 0 unspecified atom stereocenters. The summed E-state index contributed by atoms with van der Waals surface area (Å²) in [6, 6.07) is 0. The Hall–Kier alpha value is -1.43. The lowest BCUT2D eigenvalue weighted by Gasteiger charge is -2.20. The van der Waals surface area contributed by atoms with Crippen LogP contribution in [0.5, 0.6) is 5.75 Å². The minimum Gasteiger partial charge on any atom is -0.492 e. The van der Waals surface area contributed by atoms with Crippen LogP contribution in [0.15, 0.2) is 0 Å². The topological polar surface area (TPSA) is 67.6 Å². The number of amides is 1. The molecule has 5 nitrogen and oxygen atoms in total. The molecule has 1 amide bonds. The number of nitrogen functional groups attached to an aromatic ring is 1. The molecule has 0 atom stereocenters. The Labute approximate surface area is 117 Å². The van der Waals surface area contributed by atoms with E-state index in [1.165, 1.54) is 11.3 Å². The van der Waals surface area contributed by atoms with Crippen LogP contribution < -0.4 is 20.7 Å². The molecule has 0 spiro atoms. The fourth-order valence-electron chi connectivity index (χ4n) is 2.39. The van der Waals surface area contributed by atoms with Crippen molar-refractivity contribution < 1.29 is 9.53 Å². The number of hydrogen-bond acceptors (Lipinski definition) is 5. The lowest BCUT2D eigenvalue weighted by molar-refractivity contribution is 0.0967. The highest BCUT2D eigenvalue weighted by Crippen LogP contribution is 2.47. The fourth-order valence-corrected chi connectivity index (χ4v) is 3.55. The molecule has 6 heteroatoms. The summed E-state index contributed by atoms with van der Waals surface area (Å²) in [6.45, 7) is 6.42. The van der Waals surface area contributed by atoms with Gasteiger partial charge in [-0.05, 0) is 11.8 Å². The smallest absolute Gasteiger partial charge is 0.263 e. The largest absolute Gasteiger partial charge is 0.492 e. The number of thiophene rings is 1. The lowest BCUT2D eigenvalue weighted by atomic mass is 9.93. The van der Waals surface area contributed by atoms with Crippen LogP contribution in [0.1, 0.15) is 29.9 Å². The number of carbonyl (C=O) groups excluding carboxylic acids is 1. The van der Waals surface area contributed by atoms with Gasteiger partial charge in [-0.1, -0.05) is 13.8 Å². The standard InChI is InChI=1S/C13H21N3O2S/c1-13(2)5-6-16(7-13)12-9(18-4)8(14)10(19-12)11(17)15-3/h5-7,14H2,1-4H3,(H,15,17). The van der Waals surface area contributed by atoms with E-state index in [0.29, 0.717) is 16.3 Å². The summed E-state index contributed by atoms with van der Waals surface area (Å²) in [5.74, 6) is 0.465. The van der Waals surface area contributed by atoms with Crippen molar-refractivity contribution >= 4 is 27.9 Å². The second-order valence-electron chi connectivity index (χ2n) is 5.60. The van der Waals surface area contributed by atoms with Crippen LogP contribution in [0.2, 0.25) is 0 Å². The Morgan fingerprint density at radius 3 is 2.68 bits per heavy atom. The van der Waals surface area contributed by atoms with Gasteiger partial charge >= 0.3 is 0 Å². The highest BCUT2D eigenvalue weighted by atomic mass is 32.1. The van der Waals surface area contributed by atoms with Gasteiger partial charge in [0.15, 0.2) is 5.75 Å². The van der Waals surface area contributed by atoms with Gasteiger partial charge in [0.2, 0.25) is 0 Å². The van der Waals surface area contributed by atoms with Crippen molar-refractivity contribution in [3.05, 3.63) is 4.88 Å². The monoisotopic (exact) mass is 283 g/mol. The zero-order chi connectivity index (χ0) is 14.2. The summed E-state index contributed by atoms with van der Waals surface area (Å²) >= 11 is 1.41. The van der Waals surface area contributed by atoms with Gasteiger partial charge in [-0.2, -0.15) is 0 Å². The quantitative estimate of drug-likeness (QED) is 0.889. The molecule has 1 aliphatic heterocycles. The molecule has 106 valence electrons. The zero-order valence-electron chi connectivity index (χ0n) is 11.9. The van der Waals surface area contributed by atoms with Crippen molar-refractivity contribution in [3.63, 3.8) is 0 Å². The first-order chi connectivity index (χ1) is 8.89. The summed E-state index contributed by atoms with van der Waals surface area (Å²) in [5, 5.41) is 3.57. The van der Waals surface area contributed by atoms with E-state index in [-0.39, 0.29) is 11.3 Å². The van der Waals surface area contributed by atoms with Crippen LogP contribution in [0.3, 0.4) is 0 Å². The Kier molecular flexibility index (Phi) is 3.62. The van der Waals surface area contributed by atoms with Crippen molar-refractivity contribution in [3.8, 4) is 5.75 Å². The molecule has 0 aromatic carbocycles. The number of anilines is 2. The van der Waals surface area contributed by atoms with E-state index in [4.69, 9.17) is 10.5 Å². The fraction of sp³-hybridized carbons (Fsp3) is 0.615. The van der Waals surface area contributed by atoms with Crippen molar-refractivity contribution in [2.45, 2.75) is 20.3 Å². The highest BCUT2D eigenvalue weighted by molar-refractivity contribution is 7.19. The van der Waals surface area contributed by atoms with E-state index in [2.05, 4.69) is 24.1 Å². The van der Waals surface area contributed by atoms with E-state index < -0.39 is 0 Å². The SMILES string of the molecule is CNC(=O)c1sc(N2CCC(C)(C)C2)c(OC)c1N. The number of nitrogens with zero attached hydrogens (tertiary/aromatic N) is 1. The third-order valence-electron chi connectivity index (χ3n) is 3.48. The highest BCUT2D eigenvalue weighted by Gasteiger charge is 2.33. The van der Waals surface area contributed by atoms with Crippen molar-refractivity contribution in [2.24, 2.45) is 5.41 Å². The number of ether oxygens (including phenoxy) is 1. The average molecular weight is 283 g/mol. The van der Waals surface area contributed by atoms with Crippen LogP contribution in [0.4, 0.5) is 10.7 Å². The predicted molar refractivity (Wildman–Crippen MR) is 79.3 cm³/mol. The minimum atomic E-state index is -0.162. The Balaban J connectivity index is 2.38. The van der Waals surface area contributed by atoms with E-state index in [1.54, 1.807) is 14.2 Å². The summed E-state index contributed by atoms with van der Waals surface area (Å²) in [4.78, 5) is 14.6. The maximum atomic E-state index is 11.8. The maximum absolute atomic E-state index is 11.8. The normalized spacial score (nSPS) is 17.6. The number of nitrogens with one attached hydrogen (secondary N) is 1. The van der Waals surface area contributed by atoms with Crippen LogP contribution in [0.25, 0.3) is 0 Å². The van der Waals surface area contributed by atoms with Gasteiger partial charge in [-0.25, -0.2) is 0 Å². The van der Waals surface area contributed by atoms with Gasteiger partial charge in [0, 0.05) is 20.1 Å². The maximum Gasteiger partial charge on any atom is 0.263 e. The first-order valence-corrected chi connectivity index (χ1v) is 7.14. The first-order valence-electron chi connectivity index (χ1n) is 6.33. The van der Waals surface area contributed by atoms with Gasteiger partial charge in [-0.3, -0.25) is 4.79 Å². The molecule has 1 aliphatic rings. The third kappa shape index (κ3) is 2.49. The molecule has 1 fully saturated rings. The molecular formula is C13H21N3O2S. The van der Waals surface area contributed by atoms with Crippen molar-refractivity contribution in [1.82, 2.24) is 5.32 Å². The van der Waals surface area contributed by atoms with E-state index in [9.17, 15) is 4.79 Å². The minimum absolute atomic E-state index is 0.162.